The van der Waals surface area contributed by atoms with Crippen LogP contribution in [0.3, 0.4) is 0 Å². The Kier molecular flexibility index (Phi) is 4.76. The predicted octanol–water partition coefficient (Wildman–Crippen LogP) is 2.66. The number of hydrogen-bond acceptors (Lipinski definition) is 4. The number of aryl methyl sites for hydroxylation is 1. The Morgan fingerprint density at radius 3 is 2.89 bits per heavy atom. The second-order valence-corrected chi connectivity index (χ2v) is 6.67. The van der Waals surface area contributed by atoms with Gasteiger partial charge in [-0.3, -0.25) is 4.90 Å². The van der Waals surface area contributed by atoms with E-state index in [1.807, 2.05) is 0 Å². The van der Waals surface area contributed by atoms with Gasteiger partial charge in [0.05, 0.1) is 10.7 Å². The molecule has 0 spiro atoms. The van der Waals surface area contributed by atoms with Crippen LogP contribution in [0, 0.1) is 12.8 Å². The molecule has 18 heavy (non-hydrogen) atoms. The zero-order valence-corrected chi connectivity index (χ0v) is 12.8. The van der Waals surface area contributed by atoms with Crippen molar-refractivity contribution < 1.29 is 0 Å². The zero-order valence-electron chi connectivity index (χ0n) is 11.9. The van der Waals surface area contributed by atoms with Crippen LogP contribution < -0.4 is 5.32 Å². The normalized spacial score (nSPS) is 25.8. The van der Waals surface area contributed by atoms with Crippen LogP contribution >= 0.6 is 11.3 Å². The first-order valence-corrected chi connectivity index (χ1v) is 7.86. The molecular weight excluding hydrogens is 242 g/mol. The van der Waals surface area contributed by atoms with Crippen LogP contribution in [-0.2, 0) is 6.54 Å². The lowest BCUT2D eigenvalue weighted by Gasteiger charge is -2.42. The average molecular weight is 267 g/mol. The van der Waals surface area contributed by atoms with Crippen molar-refractivity contribution in [1.29, 1.82) is 0 Å². The Bertz CT molecular complexity index is 375. The predicted molar refractivity (Wildman–Crippen MR) is 78.0 cm³/mol. The molecular formula is C14H25N3S. The molecule has 0 amide bonds. The van der Waals surface area contributed by atoms with Crippen LogP contribution in [0.4, 0.5) is 0 Å². The maximum Gasteiger partial charge on any atom is 0.0897 e. The summed E-state index contributed by atoms with van der Waals surface area (Å²) in [5.74, 6) is 0.690. The number of nitrogens with zero attached hydrogens (tertiary/aromatic N) is 2. The number of thiazole rings is 1. The monoisotopic (exact) mass is 267 g/mol. The lowest BCUT2D eigenvalue weighted by Crippen LogP contribution is -2.57. The van der Waals surface area contributed by atoms with Crippen LogP contribution in [0.1, 0.15) is 37.9 Å². The molecule has 4 heteroatoms. The van der Waals surface area contributed by atoms with E-state index in [9.17, 15) is 0 Å². The fourth-order valence-electron chi connectivity index (χ4n) is 2.70. The maximum atomic E-state index is 4.61. The van der Waals surface area contributed by atoms with Crippen LogP contribution in [0.2, 0.25) is 0 Å². The Labute approximate surface area is 115 Å². The molecule has 0 bridgehead atoms. The van der Waals surface area contributed by atoms with Crippen molar-refractivity contribution in [3.63, 3.8) is 0 Å². The second-order valence-electron chi connectivity index (χ2n) is 5.61. The van der Waals surface area contributed by atoms with Crippen LogP contribution in [0.25, 0.3) is 0 Å². The first-order chi connectivity index (χ1) is 8.60. The molecule has 2 rings (SSSR count). The third-order valence-electron chi connectivity index (χ3n) is 3.83. The highest BCUT2D eigenvalue weighted by atomic mass is 32.1. The summed E-state index contributed by atoms with van der Waals surface area (Å²) in [6.45, 7) is 12.2. The lowest BCUT2D eigenvalue weighted by atomic mass is 9.97. The number of rotatable bonds is 4. The third-order valence-corrected chi connectivity index (χ3v) is 4.66. The minimum absolute atomic E-state index is 0.634. The minimum atomic E-state index is 0.634. The van der Waals surface area contributed by atoms with E-state index in [4.69, 9.17) is 0 Å². The molecule has 3 nitrogen and oxygen atoms in total. The molecule has 0 saturated carbocycles. The number of piperazine rings is 1. The van der Waals surface area contributed by atoms with Crippen molar-refractivity contribution >= 4 is 11.3 Å². The van der Waals surface area contributed by atoms with Gasteiger partial charge in [-0.25, -0.2) is 4.98 Å². The average Bonchev–Trinajstić information content (AvgIpc) is 2.74. The number of hydrogen-bond donors (Lipinski definition) is 1. The van der Waals surface area contributed by atoms with Crippen LogP contribution in [0.5, 0.6) is 0 Å². The SMILES string of the molecule is CCC1CN(Cc2csc(C)n2)C(C(C)C)CN1. The molecule has 1 aromatic heterocycles. The summed E-state index contributed by atoms with van der Waals surface area (Å²) in [5, 5.41) is 7.04. The quantitative estimate of drug-likeness (QED) is 0.909. The smallest absolute Gasteiger partial charge is 0.0897 e. The Morgan fingerprint density at radius 1 is 1.56 bits per heavy atom. The molecule has 1 fully saturated rings. The number of nitrogens with one attached hydrogen (secondary N) is 1. The van der Waals surface area contributed by atoms with Crippen molar-refractivity contribution in [2.75, 3.05) is 13.1 Å². The first kappa shape index (κ1) is 14.0. The van der Waals surface area contributed by atoms with Crippen molar-refractivity contribution in [2.24, 2.45) is 5.92 Å². The molecule has 2 heterocycles. The van der Waals surface area contributed by atoms with Gasteiger partial charge in [0.1, 0.15) is 0 Å². The zero-order chi connectivity index (χ0) is 13.1. The van der Waals surface area contributed by atoms with E-state index in [1.165, 1.54) is 17.1 Å². The molecule has 2 unspecified atom stereocenters. The molecule has 102 valence electrons. The molecule has 1 N–H and O–H groups in total. The molecule has 0 aliphatic carbocycles. The van der Waals surface area contributed by atoms with Gasteiger partial charge < -0.3 is 5.32 Å². The van der Waals surface area contributed by atoms with Gasteiger partial charge >= 0.3 is 0 Å². The van der Waals surface area contributed by atoms with Gasteiger partial charge in [0.2, 0.25) is 0 Å². The highest BCUT2D eigenvalue weighted by Gasteiger charge is 2.29. The highest BCUT2D eigenvalue weighted by molar-refractivity contribution is 7.09. The molecule has 1 aromatic rings. The summed E-state index contributed by atoms with van der Waals surface area (Å²) < 4.78 is 0. The highest BCUT2D eigenvalue weighted by Crippen LogP contribution is 2.20. The standard InChI is InChI=1S/C14H25N3S/c1-5-12-7-17(14(6-15-12)10(2)3)8-13-9-18-11(4)16-13/h9-10,12,14-15H,5-8H2,1-4H3. The summed E-state index contributed by atoms with van der Waals surface area (Å²) in [7, 11) is 0. The number of aromatic nitrogens is 1. The van der Waals surface area contributed by atoms with Crippen molar-refractivity contribution in [2.45, 2.75) is 52.7 Å². The Morgan fingerprint density at radius 2 is 2.33 bits per heavy atom. The van der Waals surface area contributed by atoms with E-state index in [0.29, 0.717) is 18.0 Å². The molecule has 1 saturated heterocycles. The minimum Gasteiger partial charge on any atom is -0.311 e. The molecule has 2 atom stereocenters. The van der Waals surface area contributed by atoms with E-state index >= 15 is 0 Å². The summed E-state index contributed by atoms with van der Waals surface area (Å²) >= 11 is 1.76. The van der Waals surface area contributed by atoms with E-state index in [1.54, 1.807) is 11.3 Å². The largest absolute Gasteiger partial charge is 0.311 e. The summed E-state index contributed by atoms with van der Waals surface area (Å²) in [6.07, 6.45) is 1.21. The fraction of sp³-hybridized carbons (Fsp3) is 0.786. The first-order valence-electron chi connectivity index (χ1n) is 6.98. The van der Waals surface area contributed by atoms with Gasteiger partial charge in [-0.2, -0.15) is 0 Å². The van der Waals surface area contributed by atoms with Crippen molar-refractivity contribution in [3.05, 3.63) is 16.1 Å². The van der Waals surface area contributed by atoms with Crippen molar-refractivity contribution in [1.82, 2.24) is 15.2 Å². The van der Waals surface area contributed by atoms with Gasteiger partial charge in [-0.05, 0) is 19.3 Å². The topological polar surface area (TPSA) is 28.2 Å². The van der Waals surface area contributed by atoms with Gasteiger partial charge in [-0.15, -0.1) is 11.3 Å². The van der Waals surface area contributed by atoms with Gasteiger partial charge in [0, 0.05) is 37.1 Å². The summed E-state index contributed by atoms with van der Waals surface area (Å²) in [5.41, 5.74) is 1.24. The summed E-state index contributed by atoms with van der Waals surface area (Å²) in [6, 6.07) is 1.27. The van der Waals surface area contributed by atoms with Gasteiger partial charge in [-0.1, -0.05) is 20.8 Å². The van der Waals surface area contributed by atoms with E-state index in [0.717, 1.165) is 19.6 Å². The van der Waals surface area contributed by atoms with E-state index in [-0.39, 0.29) is 0 Å². The van der Waals surface area contributed by atoms with E-state index < -0.39 is 0 Å². The molecule has 0 radical (unpaired) electrons. The molecule has 0 aromatic carbocycles. The second kappa shape index (κ2) is 6.13. The van der Waals surface area contributed by atoms with Gasteiger partial charge in [0.15, 0.2) is 0 Å². The lowest BCUT2D eigenvalue weighted by molar-refractivity contribution is 0.0889. The maximum absolute atomic E-state index is 4.61. The van der Waals surface area contributed by atoms with Crippen molar-refractivity contribution in [3.8, 4) is 0 Å². The van der Waals surface area contributed by atoms with Crippen LogP contribution in [0.15, 0.2) is 5.38 Å². The Balaban J connectivity index is 2.04. The van der Waals surface area contributed by atoms with Crippen LogP contribution in [-0.4, -0.2) is 35.1 Å². The van der Waals surface area contributed by atoms with Gasteiger partial charge in [0.25, 0.3) is 0 Å². The molecule has 1 aliphatic rings. The third kappa shape index (κ3) is 3.31. The summed E-state index contributed by atoms with van der Waals surface area (Å²) in [4.78, 5) is 7.22. The Hall–Kier alpha value is -0.450. The van der Waals surface area contributed by atoms with E-state index in [2.05, 4.69) is 48.3 Å². The fourth-order valence-corrected chi connectivity index (χ4v) is 3.30. The molecule has 1 aliphatic heterocycles.